The molecule has 8 heavy (non-hydrogen) atoms. The summed E-state index contributed by atoms with van der Waals surface area (Å²) in [6.45, 7) is 2.92. The first-order chi connectivity index (χ1) is 3.72. The van der Waals surface area contributed by atoms with E-state index in [4.69, 9.17) is 11.6 Å². The molecule has 0 spiro atoms. The number of halogens is 1. The first-order valence-corrected chi connectivity index (χ1v) is 2.93. The monoisotopic (exact) mass is 134 g/mol. The SMILES string of the molecule is CCN(C)C(Cl)=NC. The van der Waals surface area contributed by atoms with Crippen LogP contribution in [-0.2, 0) is 0 Å². The second kappa shape index (κ2) is 3.72. The molecule has 0 amide bonds. The van der Waals surface area contributed by atoms with Gasteiger partial charge >= 0.3 is 0 Å². The molecule has 0 aromatic carbocycles. The number of aliphatic imine (C=N–C) groups is 1. The average Bonchev–Trinajstić information content (AvgIpc) is 1.84. The van der Waals surface area contributed by atoms with E-state index in [1.807, 2.05) is 18.9 Å². The minimum Gasteiger partial charge on any atom is -0.351 e. The first-order valence-electron chi connectivity index (χ1n) is 2.55. The quantitative estimate of drug-likeness (QED) is 0.299. The van der Waals surface area contributed by atoms with E-state index in [1.54, 1.807) is 7.05 Å². The van der Waals surface area contributed by atoms with Crippen molar-refractivity contribution in [3.8, 4) is 0 Å². The van der Waals surface area contributed by atoms with E-state index in [0.29, 0.717) is 5.29 Å². The molecule has 3 heteroatoms. The summed E-state index contributed by atoms with van der Waals surface area (Å²) < 4.78 is 0. The lowest BCUT2D eigenvalue weighted by Crippen LogP contribution is -2.21. The minimum atomic E-state index is 0.563. The highest BCUT2D eigenvalue weighted by Crippen LogP contribution is 1.89. The van der Waals surface area contributed by atoms with E-state index in [1.165, 1.54) is 0 Å². The minimum absolute atomic E-state index is 0.563. The highest BCUT2D eigenvalue weighted by molar-refractivity contribution is 6.64. The molecule has 0 bridgehead atoms. The molecule has 0 saturated heterocycles. The van der Waals surface area contributed by atoms with E-state index >= 15 is 0 Å². The van der Waals surface area contributed by atoms with Crippen molar-refractivity contribution in [2.45, 2.75) is 6.92 Å². The maximum atomic E-state index is 5.59. The van der Waals surface area contributed by atoms with Gasteiger partial charge in [-0.05, 0) is 18.5 Å². The van der Waals surface area contributed by atoms with Gasteiger partial charge in [0.1, 0.15) is 0 Å². The van der Waals surface area contributed by atoms with Crippen molar-refractivity contribution < 1.29 is 0 Å². The molecule has 0 aliphatic rings. The van der Waals surface area contributed by atoms with Gasteiger partial charge in [0.2, 0.25) is 0 Å². The molecule has 0 radical (unpaired) electrons. The lowest BCUT2D eigenvalue weighted by molar-refractivity contribution is 0.544. The molecule has 48 valence electrons. The smallest absolute Gasteiger partial charge is 0.193 e. The Kier molecular flexibility index (Phi) is 3.61. The van der Waals surface area contributed by atoms with Crippen LogP contribution in [0.4, 0.5) is 0 Å². The predicted octanol–water partition coefficient (Wildman–Crippen LogP) is 1.16. The van der Waals surface area contributed by atoms with Crippen LogP contribution in [0.15, 0.2) is 4.99 Å². The van der Waals surface area contributed by atoms with Crippen LogP contribution in [0.5, 0.6) is 0 Å². The van der Waals surface area contributed by atoms with Crippen LogP contribution >= 0.6 is 11.6 Å². The Hall–Kier alpha value is -0.240. The Balaban J connectivity index is 3.63. The van der Waals surface area contributed by atoms with Crippen molar-refractivity contribution in [2.24, 2.45) is 4.99 Å². The zero-order valence-corrected chi connectivity index (χ0v) is 6.24. The van der Waals surface area contributed by atoms with Crippen molar-refractivity contribution in [1.82, 2.24) is 4.90 Å². The number of rotatable bonds is 1. The number of amidine groups is 1. The highest BCUT2D eigenvalue weighted by Gasteiger charge is 1.94. The molecule has 0 atom stereocenters. The van der Waals surface area contributed by atoms with Crippen LogP contribution in [0, 0.1) is 0 Å². The van der Waals surface area contributed by atoms with Gasteiger partial charge in [0.05, 0.1) is 0 Å². The maximum absolute atomic E-state index is 5.59. The van der Waals surface area contributed by atoms with Crippen molar-refractivity contribution >= 4 is 16.9 Å². The number of hydrogen-bond donors (Lipinski definition) is 0. The van der Waals surface area contributed by atoms with E-state index in [2.05, 4.69) is 4.99 Å². The van der Waals surface area contributed by atoms with Crippen LogP contribution < -0.4 is 0 Å². The molecule has 0 unspecified atom stereocenters. The highest BCUT2D eigenvalue weighted by atomic mass is 35.5. The summed E-state index contributed by atoms with van der Waals surface area (Å²) in [5, 5.41) is 0.563. The predicted molar refractivity (Wildman–Crippen MR) is 37.5 cm³/mol. The van der Waals surface area contributed by atoms with E-state index < -0.39 is 0 Å². The van der Waals surface area contributed by atoms with Gasteiger partial charge < -0.3 is 4.90 Å². The summed E-state index contributed by atoms with van der Waals surface area (Å²) in [5.74, 6) is 0. The second-order valence-corrected chi connectivity index (χ2v) is 1.84. The van der Waals surface area contributed by atoms with Crippen LogP contribution in [-0.4, -0.2) is 30.8 Å². The summed E-state index contributed by atoms with van der Waals surface area (Å²) in [7, 11) is 3.57. The molecule has 0 fully saturated rings. The maximum Gasteiger partial charge on any atom is 0.193 e. The third-order valence-electron chi connectivity index (χ3n) is 0.974. The third kappa shape index (κ3) is 2.17. The molecule has 0 saturated carbocycles. The lowest BCUT2D eigenvalue weighted by atomic mass is 10.7. The molecular formula is C5H11ClN2. The second-order valence-electron chi connectivity index (χ2n) is 1.51. The van der Waals surface area contributed by atoms with Gasteiger partial charge in [-0.1, -0.05) is 0 Å². The van der Waals surface area contributed by atoms with Gasteiger partial charge in [-0.2, -0.15) is 0 Å². The van der Waals surface area contributed by atoms with E-state index in [9.17, 15) is 0 Å². The van der Waals surface area contributed by atoms with Gasteiger partial charge in [-0.3, -0.25) is 4.99 Å². The molecule has 0 aromatic heterocycles. The lowest BCUT2D eigenvalue weighted by Gasteiger charge is -2.11. The van der Waals surface area contributed by atoms with Crippen LogP contribution in [0.25, 0.3) is 0 Å². The molecular weight excluding hydrogens is 124 g/mol. The Labute approximate surface area is 55.2 Å². The van der Waals surface area contributed by atoms with Crippen molar-refractivity contribution in [2.75, 3.05) is 20.6 Å². The van der Waals surface area contributed by atoms with E-state index in [0.717, 1.165) is 6.54 Å². The molecule has 0 heterocycles. The van der Waals surface area contributed by atoms with Gasteiger partial charge in [-0.15, -0.1) is 0 Å². The summed E-state index contributed by atoms with van der Waals surface area (Å²) in [5.41, 5.74) is 0. The third-order valence-corrected chi connectivity index (χ3v) is 1.43. The summed E-state index contributed by atoms with van der Waals surface area (Å²) in [6, 6.07) is 0. The summed E-state index contributed by atoms with van der Waals surface area (Å²) in [6.07, 6.45) is 0. The number of hydrogen-bond acceptors (Lipinski definition) is 1. The topological polar surface area (TPSA) is 15.6 Å². The fourth-order valence-corrected chi connectivity index (χ4v) is 0.421. The van der Waals surface area contributed by atoms with Crippen molar-refractivity contribution in [3.63, 3.8) is 0 Å². The number of nitrogens with zero attached hydrogens (tertiary/aromatic N) is 2. The zero-order valence-electron chi connectivity index (χ0n) is 5.48. The van der Waals surface area contributed by atoms with Crippen molar-refractivity contribution in [1.29, 1.82) is 0 Å². The fraction of sp³-hybridized carbons (Fsp3) is 0.800. The molecule has 2 nitrogen and oxygen atoms in total. The van der Waals surface area contributed by atoms with Crippen molar-refractivity contribution in [3.05, 3.63) is 0 Å². The Morgan fingerprint density at radius 3 is 2.38 bits per heavy atom. The van der Waals surface area contributed by atoms with Crippen LogP contribution in [0.3, 0.4) is 0 Å². The molecule has 0 aliphatic heterocycles. The molecule has 0 rings (SSSR count). The average molecular weight is 135 g/mol. The normalized spacial score (nSPS) is 11.8. The summed E-state index contributed by atoms with van der Waals surface area (Å²) >= 11 is 5.59. The van der Waals surface area contributed by atoms with Gasteiger partial charge in [0.25, 0.3) is 0 Å². The van der Waals surface area contributed by atoms with Crippen LogP contribution in [0.2, 0.25) is 0 Å². The largest absolute Gasteiger partial charge is 0.351 e. The van der Waals surface area contributed by atoms with Crippen LogP contribution in [0.1, 0.15) is 6.92 Å². The van der Waals surface area contributed by atoms with Gasteiger partial charge in [-0.25, -0.2) is 0 Å². The molecule has 0 aromatic rings. The van der Waals surface area contributed by atoms with Gasteiger partial charge in [0.15, 0.2) is 5.29 Å². The molecule has 0 aliphatic carbocycles. The van der Waals surface area contributed by atoms with Gasteiger partial charge in [0, 0.05) is 20.6 Å². The van der Waals surface area contributed by atoms with E-state index in [-0.39, 0.29) is 0 Å². The Bertz CT molecular complexity index is 90.4. The standard InChI is InChI=1S/C5H11ClN2/c1-4-8(3)5(6)7-2/h4H2,1-3H3. The Morgan fingerprint density at radius 2 is 2.25 bits per heavy atom. The first kappa shape index (κ1) is 7.76. The Morgan fingerprint density at radius 1 is 1.75 bits per heavy atom. The molecule has 0 N–H and O–H groups in total. The zero-order chi connectivity index (χ0) is 6.57. The fourth-order valence-electron chi connectivity index (χ4n) is 0.301. The summed E-state index contributed by atoms with van der Waals surface area (Å²) in [4.78, 5) is 5.63.